The van der Waals surface area contributed by atoms with Crippen molar-refractivity contribution < 1.29 is 32.7 Å². The van der Waals surface area contributed by atoms with Crippen molar-refractivity contribution in [2.24, 2.45) is 5.92 Å². The predicted molar refractivity (Wildman–Crippen MR) is 127 cm³/mol. The van der Waals surface area contributed by atoms with E-state index >= 15 is 0 Å². The first-order valence-electron chi connectivity index (χ1n) is 10.6. The van der Waals surface area contributed by atoms with Crippen molar-refractivity contribution in [3.8, 4) is 0 Å². The Bertz CT molecular complexity index is 1180. The largest absolute Gasteiger partial charge is 0.180 e. The van der Waals surface area contributed by atoms with E-state index in [0.29, 0.717) is 11.8 Å². The molecule has 0 aromatic heterocycles. The van der Waals surface area contributed by atoms with Crippen molar-refractivity contribution in [3.05, 3.63) is 101 Å². The summed E-state index contributed by atoms with van der Waals surface area (Å²) in [6.45, 7) is 8.95. The van der Waals surface area contributed by atoms with Crippen LogP contribution in [0.15, 0.2) is 78.4 Å². The molecule has 0 unspecified atom stereocenters. The summed E-state index contributed by atoms with van der Waals surface area (Å²) in [5, 5.41) is 5.33. The van der Waals surface area contributed by atoms with Crippen LogP contribution in [0.3, 0.4) is 0 Å². The molecule has 0 fully saturated rings. The minimum absolute atomic E-state index is 0. The van der Waals surface area contributed by atoms with E-state index in [1.54, 1.807) is 5.57 Å². The SMILES string of the molecule is CC(C)C1=Cc2c(ccc3ccccc23)C1.CC(C)c1[c-]cc2ccccc2c1.[Y]. The normalized spacial score (nSPS) is 12.4. The van der Waals surface area contributed by atoms with Crippen LogP contribution in [-0.4, -0.2) is 0 Å². The maximum Gasteiger partial charge on any atom is 0 e. The molecule has 0 N–H and O–H groups in total. The molecule has 0 saturated heterocycles. The van der Waals surface area contributed by atoms with E-state index in [2.05, 4.69) is 113 Å². The zero-order valence-electron chi connectivity index (χ0n) is 18.4. The fraction of sp³-hybridized carbons (Fsp3) is 0.241. The first-order chi connectivity index (χ1) is 14.0. The van der Waals surface area contributed by atoms with Crippen molar-refractivity contribution in [1.29, 1.82) is 0 Å². The second-order valence-electron chi connectivity index (χ2n) is 8.58. The Labute approximate surface area is 206 Å². The molecule has 0 atom stereocenters. The molecule has 0 spiro atoms. The second-order valence-corrected chi connectivity index (χ2v) is 8.58. The average Bonchev–Trinajstić information content (AvgIpc) is 3.19. The van der Waals surface area contributed by atoms with Gasteiger partial charge in [0.15, 0.2) is 0 Å². The van der Waals surface area contributed by atoms with Gasteiger partial charge in [0, 0.05) is 32.7 Å². The Morgan fingerprint density at radius 3 is 2.10 bits per heavy atom. The summed E-state index contributed by atoms with van der Waals surface area (Å²) in [5.41, 5.74) is 5.79. The summed E-state index contributed by atoms with van der Waals surface area (Å²) in [6.07, 6.45) is 3.53. The van der Waals surface area contributed by atoms with Gasteiger partial charge < -0.3 is 0 Å². The molecule has 1 aliphatic carbocycles. The number of allylic oxidation sites excluding steroid dienone is 1. The molecule has 4 aromatic rings. The fourth-order valence-corrected chi connectivity index (χ4v) is 3.97. The van der Waals surface area contributed by atoms with Crippen LogP contribution in [0.1, 0.15) is 50.3 Å². The van der Waals surface area contributed by atoms with Gasteiger partial charge in [-0.05, 0) is 40.2 Å². The van der Waals surface area contributed by atoms with E-state index in [4.69, 9.17) is 0 Å². The summed E-state index contributed by atoms with van der Waals surface area (Å²) >= 11 is 0. The fourth-order valence-electron chi connectivity index (χ4n) is 3.97. The molecule has 4 aromatic carbocycles. The molecule has 1 aliphatic rings. The maximum atomic E-state index is 3.31. The Morgan fingerprint density at radius 1 is 0.733 bits per heavy atom. The van der Waals surface area contributed by atoms with Gasteiger partial charge in [-0.2, -0.15) is 23.8 Å². The topological polar surface area (TPSA) is 0 Å². The van der Waals surface area contributed by atoms with E-state index in [0.717, 1.165) is 6.42 Å². The maximum absolute atomic E-state index is 3.31. The third kappa shape index (κ3) is 4.93. The number of benzene rings is 4. The van der Waals surface area contributed by atoms with Crippen LogP contribution in [-0.2, 0) is 39.1 Å². The Kier molecular flexibility index (Phi) is 7.67. The molecule has 0 heterocycles. The molecule has 0 aliphatic heterocycles. The molecule has 1 radical (unpaired) electrons. The van der Waals surface area contributed by atoms with Crippen molar-refractivity contribution in [2.45, 2.75) is 40.0 Å². The third-order valence-electron chi connectivity index (χ3n) is 5.85. The minimum Gasteiger partial charge on any atom is -0.180 e. The van der Waals surface area contributed by atoms with Crippen molar-refractivity contribution in [3.63, 3.8) is 0 Å². The number of fused-ring (bicyclic) bond motifs is 4. The predicted octanol–water partition coefficient (Wildman–Crippen LogP) is 8.20. The summed E-state index contributed by atoms with van der Waals surface area (Å²) < 4.78 is 0. The first kappa shape index (κ1) is 22.9. The van der Waals surface area contributed by atoms with Gasteiger partial charge in [0.2, 0.25) is 0 Å². The molecule has 0 nitrogen and oxygen atoms in total. The molecular weight excluding hydrogens is 437 g/mol. The van der Waals surface area contributed by atoms with Gasteiger partial charge >= 0.3 is 0 Å². The van der Waals surface area contributed by atoms with Crippen LogP contribution >= 0.6 is 0 Å². The molecule has 30 heavy (non-hydrogen) atoms. The molecule has 1 heteroatoms. The van der Waals surface area contributed by atoms with E-state index in [-0.39, 0.29) is 32.7 Å². The standard InChI is InChI=1S/C16H16.C13H13.Y/c1-11(2)14-9-13-8-7-12-5-3-4-6-15(12)16(13)10-14;1-10(2)12-8-7-11-5-3-4-6-13(11)9-12;/h3-8,10-11H,9H2,1-2H3;3-7,9-10H,1-2H3;/q;-1;. The Morgan fingerprint density at radius 2 is 1.40 bits per heavy atom. The molecule has 0 saturated carbocycles. The van der Waals surface area contributed by atoms with Crippen molar-refractivity contribution in [1.82, 2.24) is 0 Å². The van der Waals surface area contributed by atoms with Gasteiger partial charge in [-0.1, -0.05) is 93.9 Å². The molecule has 149 valence electrons. The monoisotopic (exact) mass is 466 g/mol. The summed E-state index contributed by atoms with van der Waals surface area (Å²) in [4.78, 5) is 0. The zero-order valence-corrected chi connectivity index (χ0v) is 21.3. The quantitative estimate of drug-likeness (QED) is 0.261. The van der Waals surface area contributed by atoms with Crippen LogP contribution in [0.5, 0.6) is 0 Å². The minimum atomic E-state index is 0. The van der Waals surface area contributed by atoms with Gasteiger partial charge in [-0.15, -0.1) is 16.8 Å². The summed E-state index contributed by atoms with van der Waals surface area (Å²) in [5.74, 6) is 1.22. The van der Waals surface area contributed by atoms with Crippen LogP contribution in [0, 0.1) is 12.0 Å². The van der Waals surface area contributed by atoms with Gasteiger partial charge in [0.1, 0.15) is 0 Å². The Balaban J connectivity index is 0.000000169. The van der Waals surface area contributed by atoms with Gasteiger partial charge in [0.05, 0.1) is 0 Å². The number of rotatable bonds is 2. The van der Waals surface area contributed by atoms with Gasteiger partial charge in [-0.3, -0.25) is 0 Å². The van der Waals surface area contributed by atoms with E-state index in [9.17, 15) is 0 Å². The van der Waals surface area contributed by atoms with Crippen LogP contribution in [0.25, 0.3) is 27.6 Å². The van der Waals surface area contributed by atoms with Crippen molar-refractivity contribution in [2.75, 3.05) is 0 Å². The van der Waals surface area contributed by atoms with E-state index in [1.165, 1.54) is 38.2 Å². The van der Waals surface area contributed by atoms with Crippen LogP contribution in [0.2, 0.25) is 0 Å². The average molecular weight is 466 g/mol. The summed E-state index contributed by atoms with van der Waals surface area (Å²) in [6, 6.07) is 29.2. The van der Waals surface area contributed by atoms with Crippen molar-refractivity contribution >= 4 is 27.6 Å². The van der Waals surface area contributed by atoms with Crippen LogP contribution < -0.4 is 0 Å². The zero-order chi connectivity index (χ0) is 20.4. The summed E-state index contributed by atoms with van der Waals surface area (Å²) in [7, 11) is 0. The smallest absolute Gasteiger partial charge is 0 e. The van der Waals surface area contributed by atoms with E-state index < -0.39 is 0 Å². The van der Waals surface area contributed by atoms with Gasteiger partial charge in [-0.25, -0.2) is 0 Å². The molecule has 5 rings (SSSR count). The Hall–Kier alpha value is -1.76. The first-order valence-corrected chi connectivity index (χ1v) is 10.6. The van der Waals surface area contributed by atoms with Gasteiger partial charge in [0.25, 0.3) is 0 Å². The molecular formula is C29H29Y-. The van der Waals surface area contributed by atoms with Crippen LogP contribution in [0.4, 0.5) is 0 Å². The third-order valence-corrected chi connectivity index (χ3v) is 5.85. The molecule has 0 bridgehead atoms. The second kappa shape index (κ2) is 10.0. The van der Waals surface area contributed by atoms with E-state index in [1.807, 2.05) is 0 Å². The number of hydrogen-bond donors (Lipinski definition) is 0. The molecule has 0 amide bonds. The number of hydrogen-bond acceptors (Lipinski definition) is 0.